The fraction of sp³-hybridized carbons (Fsp3) is 0.600. The van der Waals surface area contributed by atoms with Crippen molar-refractivity contribution >= 4 is 21.8 Å². The zero-order chi connectivity index (χ0) is 21.7. The minimum Gasteiger partial charge on any atom is -0.497 e. The van der Waals surface area contributed by atoms with Crippen LogP contribution in [-0.2, 0) is 19.6 Å². The first-order chi connectivity index (χ1) is 13.8. The molecule has 2 amide bonds. The molecule has 0 bridgehead atoms. The first kappa shape index (κ1) is 24.9. The Morgan fingerprint density at radius 1 is 1.00 bits per heavy atom. The molecule has 0 radical (unpaired) electrons. The summed E-state index contributed by atoms with van der Waals surface area (Å²) in [7, 11) is -2.44. The van der Waals surface area contributed by atoms with E-state index in [1.165, 1.54) is 31.4 Å². The number of ether oxygens (including phenoxy) is 1. The van der Waals surface area contributed by atoms with Crippen molar-refractivity contribution in [3.05, 3.63) is 24.3 Å². The van der Waals surface area contributed by atoms with Gasteiger partial charge in [0.2, 0.25) is 21.8 Å². The van der Waals surface area contributed by atoms with E-state index in [2.05, 4.69) is 15.4 Å². The zero-order valence-corrected chi connectivity index (χ0v) is 18.3. The van der Waals surface area contributed by atoms with Crippen LogP contribution in [0.4, 0.5) is 0 Å². The Bertz CT molecular complexity index is 735. The molecule has 1 aromatic carbocycles. The number of nitrogens with one attached hydrogen (secondary N) is 3. The summed E-state index contributed by atoms with van der Waals surface area (Å²) in [6, 6.07) is 4.85. The van der Waals surface area contributed by atoms with Crippen LogP contribution in [0, 0.1) is 0 Å². The van der Waals surface area contributed by atoms with Crippen LogP contribution in [0.3, 0.4) is 0 Å². The topological polar surface area (TPSA) is 114 Å². The molecule has 0 fully saturated rings. The summed E-state index contributed by atoms with van der Waals surface area (Å²) < 4.78 is 32.9. The standard InChI is InChI=1S/C20H33N3O5S/c1-4-6-14-21-19(24)13-12-18(20(25)22-15-7-5-2)23-29(26,27)17-10-8-16(28-3)9-11-17/h8-11,18,23H,4-7,12-15H2,1-3H3,(H,21,24)(H,22,25)/t18-/m0/s1. The van der Waals surface area contributed by atoms with Crippen molar-refractivity contribution in [3.8, 4) is 5.75 Å². The van der Waals surface area contributed by atoms with Gasteiger partial charge in [-0.1, -0.05) is 26.7 Å². The number of carbonyl (C=O) groups is 2. The number of sulfonamides is 1. The highest BCUT2D eigenvalue weighted by molar-refractivity contribution is 7.89. The van der Waals surface area contributed by atoms with E-state index in [9.17, 15) is 18.0 Å². The van der Waals surface area contributed by atoms with Gasteiger partial charge >= 0.3 is 0 Å². The smallest absolute Gasteiger partial charge is 0.241 e. The van der Waals surface area contributed by atoms with Crippen LogP contribution in [0.1, 0.15) is 52.4 Å². The second kappa shape index (κ2) is 13.2. The van der Waals surface area contributed by atoms with Gasteiger partial charge in [0, 0.05) is 19.5 Å². The number of hydrogen-bond acceptors (Lipinski definition) is 5. The summed E-state index contributed by atoms with van der Waals surface area (Å²) in [5.74, 6) is -0.105. The summed E-state index contributed by atoms with van der Waals surface area (Å²) >= 11 is 0. The van der Waals surface area contributed by atoms with Crippen LogP contribution in [0.25, 0.3) is 0 Å². The van der Waals surface area contributed by atoms with Gasteiger partial charge in [0.05, 0.1) is 12.0 Å². The number of benzene rings is 1. The highest BCUT2D eigenvalue weighted by atomic mass is 32.2. The molecule has 0 spiro atoms. The SMILES string of the molecule is CCCCNC(=O)CC[C@H](NS(=O)(=O)c1ccc(OC)cc1)C(=O)NCCCC. The molecule has 29 heavy (non-hydrogen) atoms. The van der Waals surface area contributed by atoms with Crippen molar-refractivity contribution in [1.82, 2.24) is 15.4 Å². The fourth-order valence-corrected chi connectivity index (χ4v) is 3.76. The molecular weight excluding hydrogens is 394 g/mol. The van der Waals surface area contributed by atoms with E-state index in [0.717, 1.165) is 25.7 Å². The van der Waals surface area contributed by atoms with Gasteiger partial charge in [-0.3, -0.25) is 9.59 Å². The summed E-state index contributed by atoms with van der Waals surface area (Å²) in [6.07, 6.45) is 3.66. The third-order valence-corrected chi connectivity index (χ3v) is 5.81. The molecule has 0 aliphatic heterocycles. The van der Waals surface area contributed by atoms with E-state index in [1.807, 2.05) is 13.8 Å². The minimum atomic E-state index is -3.93. The number of carbonyl (C=O) groups excluding carboxylic acids is 2. The predicted molar refractivity (Wildman–Crippen MR) is 112 cm³/mol. The van der Waals surface area contributed by atoms with Crippen molar-refractivity contribution in [2.45, 2.75) is 63.3 Å². The molecule has 1 atom stereocenters. The Kier molecular flexibility index (Phi) is 11.3. The lowest BCUT2D eigenvalue weighted by atomic mass is 10.1. The lowest BCUT2D eigenvalue weighted by Crippen LogP contribution is -2.47. The van der Waals surface area contributed by atoms with Crippen LogP contribution in [0.2, 0.25) is 0 Å². The van der Waals surface area contributed by atoms with Gasteiger partial charge in [-0.15, -0.1) is 0 Å². The molecule has 0 aliphatic rings. The van der Waals surface area contributed by atoms with Gasteiger partial charge in [-0.2, -0.15) is 4.72 Å². The summed E-state index contributed by atoms with van der Waals surface area (Å²) in [4.78, 5) is 24.5. The first-order valence-electron chi connectivity index (χ1n) is 10.0. The van der Waals surface area contributed by atoms with E-state index in [0.29, 0.717) is 18.8 Å². The molecule has 0 saturated heterocycles. The van der Waals surface area contributed by atoms with Crippen molar-refractivity contribution in [1.29, 1.82) is 0 Å². The monoisotopic (exact) mass is 427 g/mol. The summed E-state index contributed by atoms with van der Waals surface area (Å²) in [5, 5.41) is 5.51. The maximum Gasteiger partial charge on any atom is 0.241 e. The third-order valence-electron chi connectivity index (χ3n) is 4.33. The fourth-order valence-electron chi connectivity index (χ4n) is 2.53. The summed E-state index contributed by atoms with van der Waals surface area (Å²) in [5.41, 5.74) is 0. The van der Waals surface area contributed by atoms with Gasteiger partial charge in [-0.05, 0) is 43.5 Å². The molecule has 0 saturated carbocycles. The zero-order valence-electron chi connectivity index (χ0n) is 17.5. The lowest BCUT2D eigenvalue weighted by Gasteiger charge is -2.18. The third kappa shape index (κ3) is 9.27. The highest BCUT2D eigenvalue weighted by Gasteiger charge is 2.26. The number of methoxy groups -OCH3 is 1. The average molecular weight is 428 g/mol. The minimum absolute atomic E-state index is 0.0251. The van der Waals surface area contributed by atoms with E-state index in [-0.39, 0.29) is 23.6 Å². The molecule has 1 aromatic rings. The van der Waals surface area contributed by atoms with Crippen molar-refractivity contribution < 1.29 is 22.7 Å². The Morgan fingerprint density at radius 2 is 1.59 bits per heavy atom. The van der Waals surface area contributed by atoms with E-state index < -0.39 is 22.0 Å². The lowest BCUT2D eigenvalue weighted by molar-refractivity contribution is -0.123. The van der Waals surface area contributed by atoms with Crippen molar-refractivity contribution in [3.63, 3.8) is 0 Å². The van der Waals surface area contributed by atoms with Crippen LogP contribution in [0.15, 0.2) is 29.2 Å². The van der Waals surface area contributed by atoms with Gasteiger partial charge in [-0.25, -0.2) is 8.42 Å². The number of rotatable bonds is 14. The largest absolute Gasteiger partial charge is 0.497 e. The molecule has 3 N–H and O–H groups in total. The Hall–Kier alpha value is -2.13. The van der Waals surface area contributed by atoms with Crippen LogP contribution < -0.4 is 20.1 Å². The first-order valence-corrected chi connectivity index (χ1v) is 11.5. The second-order valence-electron chi connectivity index (χ2n) is 6.74. The van der Waals surface area contributed by atoms with Crippen LogP contribution in [0.5, 0.6) is 5.75 Å². The van der Waals surface area contributed by atoms with E-state index in [4.69, 9.17) is 4.74 Å². The van der Waals surface area contributed by atoms with E-state index in [1.54, 1.807) is 0 Å². The normalized spacial score (nSPS) is 12.2. The van der Waals surface area contributed by atoms with Gasteiger partial charge in [0.25, 0.3) is 0 Å². The predicted octanol–water partition coefficient (Wildman–Crippen LogP) is 1.95. The van der Waals surface area contributed by atoms with Crippen LogP contribution in [-0.4, -0.2) is 46.5 Å². The Morgan fingerprint density at radius 3 is 2.14 bits per heavy atom. The Balaban J connectivity index is 2.82. The number of amides is 2. The second-order valence-corrected chi connectivity index (χ2v) is 8.45. The molecule has 0 aliphatic carbocycles. The number of hydrogen-bond donors (Lipinski definition) is 3. The molecule has 0 unspecified atom stereocenters. The van der Waals surface area contributed by atoms with Gasteiger partial charge < -0.3 is 15.4 Å². The van der Waals surface area contributed by atoms with E-state index >= 15 is 0 Å². The Labute approximate surface area is 173 Å². The maximum atomic E-state index is 12.7. The molecular formula is C20H33N3O5S. The molecule has 164 valence electrons. The van der Waals surface area contributed by atoms with Crippen molar-refractivity contribution in [2.75, 3.05) is 20.2 Å². The molecule has 0 heterocycles. The van der Waals surface area contributed by atoms with Crippen molar-refractivity contribution in [2.24, 2.45) is 0 Å². The molecule has 0 aromatic heterocycles. The van der Waals surface area contributed by atoms with Gasteiger partial charge in [0.1, 0.15) is 11.8 Å². The summed E-state index contributed by atoms with van der Waals surface area (Å²) in [6.45, 7) is 5.05. The number of unbranched alkanes of at least 4 members (excludes halogenated alkanes) is 2. The quantitative estimate of drug-likeness (QED) is 0.393. The molecule has 1 rings (SSSR count). The van der Waals surface area contributed by atoms with Crippen LogP contribution >= 0.6 is 0 Å². The molecule has 9 heteroatoms. The average Bonchev–Trinajstić information content (AvgIpc) is 2.71. The highest BCUT2D eigenvalue weighted by Crippen LogP contribution is 2.16. The molecule has 8 nitrogen and oxygen atoms in total. The van der Waals surface area contributed by atoms with Gasteiger partial charge in [0.15, 0.2) is 0 Å². The maximum absolute atomic E-state index is 12.7.